The number of methoxy groups -OCH3 is 1. The van der Waals surface area contributed by atoms with E-state index in [0.29, 0.717) is 16.3 Å². The van der Waals surface area contributed by atoms with Crippen LogP contribution in [0.15, 0.2) is 18.2 Å². The third kappa shape index (κ3) is 3.85. The smallest absolute Gasteiger partial charge is 0.219 e. The minimum Gasteiger partial charge on any atom is -0.496 e. The summed E-state index contributed by atoms with van der Waals surface area (Å²) in [6, 6.07) is 6.52. The maximum Gasteiger partial charge on any atom is 0.219 e. The van der Waals surface area contributed by atoms with Gasteiger partial charge in [0, 0.05) is 16.6 Å². The fraction of sp³-hybridized carbons (Fsp3) is 0.462. The number of ether oxygens (including phenoxy) is 1. The van der Waals surface area contributed by atoms with Crippen LogP contribution in [0.3, 0.4) is 0 Å². The quantitative estimate of drug-likeness (QED) is 0.756. The van der Waals surface area contributed by atoms with E-state index in [9.17, 15) is 8.42 Å². The molecule has 0 N–H and O–H groups in total. The van der Waals surface area contributed by atoms with Crippen LogP contribution in [0.25, 0.3) is 0 Å². The number of nitrogens with zero attached hydrogens (tertiary/aromatic N) is 2. The Balaban J connectivity index is 3.17. The van der Waals surface area contributed by atoms with Gasteiger partial charge in [-0.15, -0.1) is 0 Å². The number of hydrogen-bond acceptors (Lipinski definition) is 4. The van der Waals surface area contributed by atoms with Crippen LogP contribution in [0.1, 0.15) is 19.4 Å². The highest BCUT2D eigenvalue weighted by molar-refractivity contribution is 7.88. The van der Waals surface area contributed by atoms with Gasteiger partial charge in [-0.2, -0.15) is 9.57 Å². The number of hydrogen-bond donors (Lipinski definition) is 0. The van der Waals surface area contributed by atoms with Crippen LogP contribution in [0.2, 0.25) is 5.02 Å². The van der Waals surface area contributed by atoms with Gasteiger partial charge in [-0.25, -0.2) is 8.42 Å². The number of halogens is 1. The Morgan fingerprint density at radius 2 is 2.10 bits per heavy atom. The Bertz CT molecular complexity index is 609. The predicted molar refractivity (Wildman–Crippen MR) is 78.1 cm³/mol. The molecule has 1 rings (SSSR count). The predicted octanol–water partition coefficient (Wildman–Crippen LogP) is 2.41. The second kappa shape index (κ2) is 6.93. The van der Waals surface area contributed by atoms with Gasteiger partial charge in [0.15, 0.2) is 0 Å². The molecular weight excluding hydrogens is 300 g/mol. The summed E-state index contributed by atoms with van der Waals surface area (Å²) in [5, 5.41) is 9.09. The van der Waals surface area contributed by atoms with Crippen molar-refractivity contribution in [2.45, 2.75) is 25.6 Å². The molecule has 0 saturated heterocycles. The SMILES string of the molecule is COc1cccc(Cl)c1CS(=O)(=O)N(CC#N)C(C)C. The fourth-order valence-electron chi connectivity index (χ4n) is 1.81. The molecule has 1 aromatic carbocycles. The third-order valence-electron chi connectivity index (χ3n) is 2.78. The monoisotopic (exact) mass is 316 g/mol. The zero-order chi connectivity index (χ0) is 15.3. The summed E-state index contributed by atoms with van der Waals surface area (Å²) < 4.78 is 31.1. The Morgan fingerprint density at radius 1 is 1.45 bits per heavy atom. The Hall–Kier alpha value is -1.29. The van der Waals surface area contributed by atoms with Crippen molar-refractivity contribution in [3.8, 4) is 11.8 Å². The lowest BCUT2D eigenvalue weighted by atomic mass is 10.2. The van der Waals surface area contributed by atoms with E-state index >= 15 is 0 Å². The lowest BCUT2D eigenvalue weighted by Crippen LogP contribution is -2.38. The minimum absolute atomic E-state index is 0.188. The lowest BCUT2D eigenvalue weighted by Gasteiger charge is -2.23. The lowest BCUT2D eigenvalue weighted by molar-refractivity contribution is 0.383. The molecule has 7 heteroatoms. The highest BCUT2D eigenvalue weighted by Crippen LogP contribution is 2.29. The van der Waals surface area contributed by atoms with Crippen molar-refractivity contribution in [2.24, 2.45) is 0 Å². The summed E-state index contributed by atoms with van der Waals surface area (Å²) >= 11 is 6.05. The largest absolute Gasteiger partial charge is 0.496 e. The molecule has 0 bridgehead atoms. The van der Waals surface area contributed by atoms with Crippen LogP contribution in [0.5, 0.6) is 5.75 Å². The summed E-state index contributed by atoms with van der Waals surface area (Å²) in [4.78, 5) is 0. The average Bonchev–Trinajstić information content (AvgIpc) is 2.37. The van der Waals surface area contributed by atoms with Crippen LogP contribution in [-0.2, 0) is 15.8 Å². The van der Waals surface area contributed by atoms with E-state index in [1.54, 1.807) is 32.0 Å². The van der Waals surface area contributed by atoms with E-state index < -0.39 is 10.0 Å². The van der Waals surface area contributed by atoms with E-state index in [2.05, 4.69) is 0 Å². The van der Waals surface area contributed by atoms with Crippen LogP contribution in [0, 0.1) is 11.3 Å². The highest BCUT2D eigenvalue weighted by atomic mass is 35.5. The molecule has 0 spiro atoms. The molecule has 20 heavy (non-hydrogen) atoms. The van der Waals surface area contributed by atoms with E-state index in [-0.39, 0.29) is 18.3 Å². The third-order valence-corrected chi connectivity index (χ3v) is 5.06. The first-order valence-electron chi connectivity index (χ1n) is 6.01. The summed E-state index contributed by atoms with van der Waals surface area (Å²) in [5.74, 6) is 0.122. The number of sulfonamides is 1. The van der Waals surface area contributed by atoms with Gasteiger partial charge in [0.05, 0.1) is 18.9 Å². The summed E-state index contributed by atoms with van der Waals surface area (Å²) in [5.41, 5.74) is 0.403. The number of benzene rings is 1. The molecule has 0 atom stereocenters. The minimum atomic E-state index is -3.65. The normalized spacial score (nSPS) is 11.7. The Labute approximate surface area is 124 Å². The molecule has 0 unspecified atom stereocenters. The van der Waals surface area contributed by atoms with Gasteiger partial charge in [0.2, 0.25) is 10.0 Å². The molecule has 110 valence electrons. The Kier molecular flexibility index (Phi) is 5.81. The topological polar surface area (TPSA) is 70.4 Å². The van der Waals surface area contributed by atoms with Crippen LogP contribution < -0.4 is 4.74 Å². The maximum atomic E-state index is 12.4. The van der Waals surface area contributed by atoms with Gasteiger partial charge in [0.25, 0.3) is 0 Å². The molecular formula is C13H17ClN2O3S. The molecule has 0 aliphatic carbocycles. The van der Waals surface area contributed by atoms with Gasteiger partial charge >= 0.3 is 0 Å². The first-order valence-corrected chi connectivity index (χ1v) is 8.00. The fourth-order valence-corrected chi connectivity index (χ4v) is 3.84. The molecule has 1 aromatic rings. The van der Waals surface area contributed by atoms with Gasteiger partial charge in [-0.1, -0.05) is 17.7 Å². The van der Waals surface area contributed by atoms with Crippen molar-refractivity contribution in [1.82, 2.24) is 4.31 Å². The summed E-state index contributed by atoms with van der Waals surface area (Å²) in [6.07, 6.45) is 0. The Morgan fingerprint density at radius 3 is 2.60 bits per heavy atom. The molecule has 0 radical (unpaired) electrons. The maximum absolute atomic E-state index is 12.4. The van der Waals surface area contributed by atoms with E-state index in [0.717, 1.165) is 4.31 Å². The van der Waals surface area contributed by atoms with Crippen molar-refractivity contribution in [3.63, 3.8) is 0 Å². The zero-order valence-corrected chi connectivity index (χ0v) is 13.2. The molecule has 0 heterocycles. The van der Waals surface area contributed by atoms with E-state index in [1.807, 2.05) is 6.07 Å². The molecule has 0 aliphatic rings. The molecule has 5 nitrogen and oxygen atoms in total. The van der Waals surface area contributed by atoms with Crippen molar-refractivity contribution in [1.29, 1.82) is 5.26 Å². The average molecular weight is 317 g/mol. The molecule has 0 aliphatic heterocycles. The second-order valence-corrected chi connectivity index (χ2v) is 6.80. The molecule has 0 amide bonds. The van der Waals surface area contributed by atoms with Gasteiger partial charge in [-0.3, -0.25) is 0 Å². The van der Waals surface area contributed by atoms with E-state index in [1.165, 1.54) is 7.11 Å². The summed E-state index contributed by atoms with van der Waals surface area (Å²) in [6.45, 7) is 3.25. The first-order chi connectivity index (χ1) is 9.33. The highest BCUT2D eigenvalue weighted by Gasteiger charge is 2.27. The van der Waals surface area contributed by atoms with Crippen molar-refractivity contribution in [2.75, 3.05) is 13.7 Å². The van der Waals surface area contributed by atoms with Crippen molar-refractivity contribution < 1.29 is 13.2 Å². The summed E-state index contributed by atoms with van der Waals surface area (Å²) in [7, 11) is -2.19. The van der Waals surface area contributed by atoms with Crippen molar-refractivity contribution >= 4 is 21.6 Å². The zero-order valence-electron chi connectivity index (χ0n) is 11.6. The van der Waals surface area contributed by atoms with Crippen LogP contribution in [0.4, 0.5) is 0 Å². The standard InChI is InChI=1S/C13H17ClN2O3S/c1-10(2)16(8-7-15)20(17,18)9-11-12(14)5-4-6-13(11)19-3/h4-6,10H,8-9H2,1-3H3. The molecule has 0 fully saturated rings. The number of rotatable bonds is 6. The van der Waals surface area contributed by atoms with Gasteiger partial charge in [-0.05, 0) is 26.0 Å². The molecule has 0 saturated carbocycles. The molecule has 0 aromatic heterocycles. The second-order valence-electron chi connectivity index (χ2n) is 4.47. The van der Waals surface area contributed by atoms with E-state index in [4.69, 9.17) is 21.6 Å². The number of nitriles is 1. The van der Waals surface area contributed by atoms with Gasteiger partial charge in [0.1, 0.15) is 12.3 Å². The van der Waals surface area contributed by atoms with Crippen LogP contribution in [-0.4, -0.2) is 32.4 Å². The first kappa shape index (κ1) is 16.8. The van der Waals surface area contributed by atoms with Gasteiger partial charge < -0.3 is 4.74 Å². The van der Waals surface area contributed by atoms with Crippen LogP contribution >= 0.6 is 11.6 Å². The van der Waals surface area contributed by atoms with Crippen molar-refractivity contribution in [3.05, 3.63) is 28.8 Å².